The van der Waals surface area contributed by atoms with Gasteiger partial charge in [-0.3, -0.25) is 4.79 Å². The number of amides is 1. The van der Waals surface area contributed by atoms with Crippen molar-refractivity contribution in [3.05, 3.63) is 63.4 Å². The van der Waals surface area contributed by atoms with Crippen molar-refractivity contribution in [3.8, 4) is 5.75 Å². The summed E-state index contributed by atoms with van der Waals surface area (Å²) >= 11 is 4.82. The summed E-state index contributed by atoms with van der Waals surface area (Å²) in [6.45, 7) is 6.39. The van der Waals surface area contributed by atoms with E-state index in [4.69, 9.17) is 4.74 Å². The molecule has 0 bridgehead atoms. The molecule has 0 saturated carbocycles. The van der Waals surface area contributed by atoms with Crippen LogP contribution >= 0.6 is 27.7 Å². The van der Waals surface area contributed by atoms with E-state index >= 15 is 0 Å². The maximum Gasteiger partial charge on any atom is 0.234 e. The van der Waals surface area contributed by atoms with Crippen molar-refractivity contribution in [2.75, 3.05) is 11.1 Å². The number of hydrogen-bond acceptors (Lipinski definition) is 5. The average molecular weight is 489 g/mol. The third kappa shape index (κ3) is 5.64. The minimum absolute atomic E-state index is 0.0784. The molecule has 0 atom stereocenters. The molecule has 0 aliphatic carbocycles. The zero-order valence-electron chi connectivity index (χ0n) is 17.5. The topological polar surface area (TPSA) is 69.0 Å². The van der Waals surface area contributed by atoms with Gasteiger partial charge >= 0.3 is 0 Å². The number of nitrogens with one attached hydrogen (secondary N) is 1. The van der Waals surface area contributed by atoms with Crippen LogP contribution in [-0.2, 0) is 24.9 Å². The Kier molecular flexibility index (Phi) is 7.55. The van der Waals surface area contributed by atoms with Gasteiger partial charge in [0.15, 0.2) is 11.0 Å². The molecule has 0 aliphatic rings. The number of carbonyl (C=O) groups is 1. The van der Waals surface area contributed by atoms with Gasteiger partial charge in [-0.1, -0.05) is 46.7 Å². The molecule has 8 heteroatoms. The second-order valence-corrected chi connectivity index (χ2v) is 8.85. The molecule has 3 aromatic rings. The first-order chi connectivity index (χ1) is 14.4. The maximum absolute atomic E-state index is 12.4. The van der Waals surface area contributed by atoms with Gasteiger partial charge in [-0.25, -0.2) is 0 Å². The van der Waals surface area contributed by atoms with Crippen LogP contribution in [0, 0.1) is 13.8 Å². The largest absolute Gasteiger partial charge is 0.486 e. The SMILES string of the molecule is CCc1ccc(OCc2nnc(SCC(=O)Nc3c(C)cc(Br)cc3C)n2C)cc1. The van der Waals surface area contributed by atoms with Crippen LogP contribution in [0.4, 0.5) is 5.69 Å². The zero-order chi connectivity index (χ0) is 21.7. The van der Waals surface area contributed by atoms with Gasteiger partial charge in [-0.15, -0.1) is 10.2 Å². The quantitative estimate of drug-likeness (QED) is 0.448. The van der Waals surface area contributed by atoms with Gasteiger partial charge in [0.2, 0.25) is 5.91 Å². The highest BCUT2D eigenvalue weighted by molar-refractivity contribution is 9.10. The van der Waals surface area contributed by atoms with E-state index in [1.807, 2.05) is 49.7 Å². The van der Waals surface area contributed by atoms with E-state index in [1.54, 1.807) is 0 Å². The summed E-state index contributed by atoms with van der Waals surface area (Å²) in [6.07, 6.45) is 0.999. The summed E-state index contributed by atoms with van der Waals surface area (Å²) in [5, 5.41) is 12.1. The van der Waals surface area contributed by atoms with Crippen molar-refractivity contribution in [2.45, 2.75) is 39.0 Å². The third-order valence-corrected chi connectivity index (χ3v) is 6.20. The second kappa shape index (κ2) is 10.1. The van der Waals surface area contributed by atoms with Crippen LogP contribution in [0.3, 0.4) is 0 Å². The standard InChI is InChI=1S/C22H25BrN4O2S/c1-5-16-6-8-18(9-7-16)29-12-19-25-26-22(27(19)4)30-13-20(28)24-21-14(2)10-17(23)11-15(21)3/h6-11H,5,12-13H2,1-4H3,(H,24,28). The van der Waals surface area contributed by atoms with Gasteiger partial charge in [-0.2, -0.15) is 0 Å². The molecular weight excluding hydrogens is 464 g/mol. The van der Waals surface area contributed by atoms with Crippen molar-refractivity contribution in [2.24, 2.45) is 7.05 Å². The van der Waals surface area contributed by atoms with E-state index in [0.29, 0.717) is 17.6 Å². The number of halogens is 1. The Balaban J connectivity index is 1.55. The molecule has 0 spiro atoms. The number of hydrogen-bond donors (Lipinski definition) is 1. The highest BCUT2D eigenvalue weighted by Gasteiger charge is 2.14. The molecule has 0 radical (unpaired) electrons. The van der Waals surface area contributed by atoms with E-state index in [2.05, 4.69) is 50.5 Å². The number of carbonyl (C=O) groups excluding carboxylic acids is 1. The summed E-state index contributed by atoms with van der Waals surface area (Å²) in [5.41, 5.74) is 4.16. The van der Waals surface area contributed by atoms with Gasteiger partial charge in [0.05, 0.1) is 5.75 Å². The number of rotatable bonds is 8. The number of benzene rings is 2. The average Bonchev–Trinajstić information content (AvgIpc) is 3.07. The minimum Gasteiger partial charge on any atom is -0.486 e. The third-order valence-electron chi connectivity index (χ3n) is 4.72. The molecule has 1 heterocycles. The number of nitrogens with zero attached hydrogens (tertiary/aromatic N) is 3. The summed E-state index contributed by atoms with van der Waals surface area (Å²) in [6, 6.07) is 12.0. The zero-order valence-corrected chi connectivity index (χ0v) is 19.9. The molecular formula is C22H25BrN4O2S. The fourth-order valence-corrected chi connectivity index (χ4v) is 4.40. The lowest BCUT2D eigenvalue weighted by atomic mass is 10.1. The predicted molar refractivity (Wildman–Crippen MR) is 124 cm³/mol. The van der Waals surface area contributed by atoms with E-state index in [9.17, 15) is 4.79 Å². The smallest absolute Gasteiger partial charge is 0.234 e. The van der Waals surface area contributed by atoms with E-state index in [-0.39, 0.29) is 11.7 Å². The van der Waals surface area contributed by atoms with Crippen LogP contribution < -0.4 is 10.1 Å². The maximum atomic E-state index is 12.4. The fourth-order valence-electron chi connectivity index (χ4n) is 2.98. The molecule has 158 valence electrons. The van der Waals surface area contributed by atoms with Crippen molar-refractivity contribution < 1.29 is 9.53 Å². The van der Waals surface area contributed by atoms with Crippen LogP contribution in [0.2, 0.25) is 0 Å². The number of anilines is 1. The Morgan fingerprint density at radius 1 is 1.17 bits per heavy atom. The summed E-state index contributed by atoms with van der Waals surface area (Å²) in [4.78, 5) is 12.4. The van der Waals surface area contributed by atoms with Gasteiger partial charge in [0, 0.05) is 17.2 Å². The first kappa shape index (κ1) is 22.4. The minimum atomic E-state index is -0.0784. The van der Waals surface area contributed by atoms with Crippen molar-refractivity contribution in [1.29, 1.82) is 0 Å². The highest BCUT2D eigenvalue weighted by Crippen LogP contribution is 2.26. The summed E-state index contributed by atoms with van der Waals surface area (Å²) in [7, 11) is 1.88. The Labute approximate surface area is 189 Å². The second-order valence-electron chi connectivity index (χ2n) is 7.00. The lowest BCUT2D eigenvalue weighted by Gasteiger charge is -2.12. The number of aromatic nitrogens is 3. The molecule has 30 heavy (non-hydrogen) atoms. The van der Waals surface area contributed by atoms with E-state index in [1.165, 1.54) is 17.3 Å². The molecule has 0 unspecified atom stereocenters. The van der Waals surface area contributed by atoms with Crippen LogP contribution in [0.25, 0.3) is 0 Å². The Morgan fingerprint density at radius 2 is 1.83 bits per heavy atom. The van der Waals surface area contributed by atoms with Crippen molar-refractivity contribution >= 4 is 39.3 Å². The monoisotopic (exact) mass is 488 g/mol. The molecule has 1 N–H and O–H groups in total. The Bertz CT molecular complexity index is 1010. The number of thioether (sulfide) groups is 1. The molecule has 2 aromatic carbocycles. The molecule has 0 aliphatic heterocycles. The van der Waals surface area contributed by atoms with Gasteiger partial charge < -0.3 is 14.6 Å². The van der Waals surface area contributed by atoms with Crippen molar-refractivity contribution in [3.63, 3.8) is 0 Å². The molecule has 1 aromatic heterocycles. The predicted octanol–water partition coefficient (Wildman–Crippen LogP) is 5.07. The summed E-state index contributed by atoms with van der Waals surface area (Å²) in [5.74, 6) is 1.67. The first-order valence-electron chi connectivity index (χ1n) is 9.66. The van der Waals surface area contributed by atoms with Gasteiger partial charge in [-0.05, 0) is 61.2 Å². The van der Waals surface area contributed by atoms with Gasteiger partial charge in [0.1, 0.15) is 12.4 Å². The number of ether oxygens (including phenoxy) is 1. The normalized spacial score (nSPS) is 10.8. The van der Waals surface area contributed by atoms with Crippen molar-refractivity contribution in [1.82, 2.24) is 14.8 Å². The number of aryl methyl sites for hydroxylation is 3. The Morgan fingerprint density at radius 3 is 2.47 bits per heavy atom. The fraction of sp³-hybridized carbons (Fsp3) is 0.318. The molecule has 0 saturated heterocycles. The first-order valence-corrected chi connectivity index (χ1v) is 11.4. The lowest BCUT2D eigenvalue weighted by molar-refractivity contribution is -0.113. The molecule has 3 rings (SSSR count). The Hall–Kier alpha value is -2.32. The molecule has 1 amide bonds. The lowest BCUT2D eigenvalue weighted by Crippen LogP contribution is -2.16. The van der Waals surface area contributed by atoms with Crippen LogP contribution in [0.5, 0.6) is 5.75 Å². The van der Waals surface area contributed by atoms with Crippen LogP contribution in [0.1, 0.15) is 29.4 Å². The molecule has 6 nitrogen and oxygen atoms in total. The summed E-state index contributed by atoms with van der Waals surface area (Å²) < 4.78 is 8.67. The van der Waals surface area contributed by atoms with E-state index < -0.39 is 0 Å². The highest BCUT2D eigenvalue weighted by atomic mass is 79.9. The van der Waals surface area contributed by atoms with Crippen LogP contribution in [-0.4, -0.2) is 26.4 Å². The molecule has 0 fully saturated rings. The van der Waals surface area contributed by atoms with Gasteiger partial charge in [0.25, 0.3) is 0 Å². The van der Waals surface area contributed by atoms with Crippen LogP contribution in [0.15, 0.2) is 46.0 Å². The van der Waals surface area contributed by atoms with E-state index in [0.717, 1.165) is 33.5 Å².